The van der Waals surface area contributed by atoms with Crippen molar-refractivity contribution < 1.29 is 28.7 Å². The van der Waals surface area contributed by atoms with Gasteiger partial charge in [0.25, 0.3) is 11.8 Å². The number of esters is 1. The van der Waals surface area contributed by atoms with Crippen LogP contribution in [0.15, 0.2) is 0 Å². The SMILES string of the molecule is CC(C)CC[C@]1(C)NC(=O)N(CC(=O)O[C@H](C)C(=O)N2CCNC2=O)C1=O. The van der Waals surface area contributed by atoms with E-state index in [2.05, 4.69) is 10.6 Å². The van der Waals surface area contributed by atoms with E-state index in [9.17, 15) is 24.0 Å². The number of hydrogen-bond donors (Lipinski definition) is 2. The van der Waals surface area contributed by atoms with E-state index in [1.165, 1.54) is 6.92 Å². The zero-order valence-electron chi connectivity index (χ0n) is 16.0. The number of ether oxygens (including phenoxy) is 1. The number of carbonyl (C=O) groups excluding carboxylic acids is 5. The predicted octanol–water partition coefficient (Wildman–Crippen LogP) is 0.217. The minimum atomic E-state index is -1.20. The van der Waals surface area contributed by atoms with Gasteiger partial charge in [0.05, 0.1) is 0 Å². The third kappa shape index (κ3) is 4.55. The molecule has 2 N–H and O–H groups in total. The fourth-order valence-electron chi connectivity index (χ4n) is 2.95. The molecule has 2 rings (SSSR count). The number of imide groups is 2. The summed E-state index contributed by atoms with van der Waals surface area (Å²) in [6, 6.07) is -1.21. The molecular formula is C17H26N4O6. The summed E-state index contributed by atoms with van der Waals surface area (Å²) in [7, 11) is 0. The number of amides is 6. The Balaban J connectivity index is 1.93. The third-order valence-electron chi connectivity index (χ3n) is 4.63. The molecule has 2 aliphatic rings. The molecule has 2 heterocycles. The van der Waals surface area contributed by atoms with Gasteiger partial charge in [-0.15, -0.1) is 0 Å². The number of carbonyl (C=O) groups is 5. The molecule has 2 aliphatic heterocycles. The molecular weight excluding hydrogens is 356 g/mol. The number of hydrogen-bond acceptors (Lipinski definition) is 6. The minimum Gasteiger partial charge on any atom is -0.451 e. The molecule has 0 saturated carbocycles. The molecule has 150 valence electrons. The van der Waals surface area contributed by atoms with E-state index in [1.807, 2.05) is 13.8 Å². The quantitative estimate of drug-likeness (QED) is 0.479. The fourth-order valence-corrected chi connectivity index (χ4v) is 2.95. The van der Waals surface area contributed by atoms with Crippen molar-refractivity contribution in [3.63, 3.8) is 0 Å². The Labute approximate surface area is 157 Å². The molecule has 6 amide bonds. The maximum absolute atomic E-state index is 12.6. The van der Waals surface area contributed by atoms with Crippen LogP contribution in [0, 0.1) is 5.92 Å². The van der Waals surface area contributed by atoms with Crippen molar-refractivity contribution in [2.45, 2.75) is 52.2 Å². The molecule has 0 bridgehead atoms. The van der Waals surface area contributed by atoms with E-state index < -0.39 is 48.0 Å². The van der Waals surface area contributed by atoms with Crippen LogP contribution in [-0.2, 0) is 19.1 Å². The van der Waals surface area contributed by atoms with Crippen LogP contribution >= 0.6 is 0 Å². The smallest absolute Gasteiger partial charge is 0.327 e. The molecule has 10 heteroatoms. The Kier molecular flexibility index (Phi) is 6.07. The van der Waals surface area contributed by atoms with Crippen molar-refractivity contribution in [1.82, 2.24) is 20.4 Å². The Morgan fingerprint density at radius 1 is 1.19 bits per heavy atom. The molecule has 2 fully saturated rings. The van der Waals surface area contributed by atoms with Crippen molar-refractivity contribution in [3.05, 3.63) is 0 Å². The van der Waals surface area contributed by atoms with Crippen LogP contribution < -0.4 is 10.6 Å². The predicted molar refractivity (Wildman–Crippen MR) is 93.4 cm³/mol. The van der Waals surface area contributed by atoms with Crippen molar-refractivity contribution in [3.8, 4) is 0 Å². The second-order valence-corrected chi connectivity index (χ2v) is 7.44. The molecule has 0 spiro atoms. The van der Waals surface area contributed by atoms with Gasteiger partial charge in [-0.05, 0) is 32.6 Å². The normalized spacial score (nSPS) is 23.5. The first-order chi connectivity index (χ1) is 12.5. The lowest BCUT2D eigenvalue weighted by Gasteiger charge is -2.22. The van der Waals surface area contributed by atoms with Crippen LogP contribution in [0.3, 0.4) is 0 Å². The summed E-state index contributed by atoms with van der Waals surface area (Å²) in [6.07, 6.45) is -0.00119. The Morgan fingerprint density at radius 3 is 2.41 bits per heavy atom. The molecule has 0 aromatic carbocycles. The lowest BCUT2D eigenvalue weighted by atomic mass is 9.92. The van der Waals surface area contributed by atoms with Gasteiger partial charge in [0.1, 0.15) is 12.1 Å². The zero-order valence-corrected chi connectivity index (χ0v) is 16.0. The second kappa shape index (κ2) is 7.93. The second-order valence-electron chi connectivity index (χ2n) is 7.44. The number of urea groups is 2. The van der Waals surface area contributed by atoms with Gasteiger partial charge >= 0.3 is 18.0 Å². The van der Waals surface area contributed by atoms with E-state index in [4.69, 9.17) is 4.74 Å². The molecule has 0 radical (unpaired) electrons. The van der Waals surface area contributed by atoms with Gasteiger partial charge in [-0.1, -0.05) is 13.8 Å². The summed E-state index contributed by atoms with van der Waals surface area (Å²) in [5.41, 5.74) is -1.06. The zero-order chi connectivity index (χ0) is 20.4. The van der Waals surface area contributed by atoms with Crippen LogP contribution in [0.4, 0.5) is 9.59 Å². The van der Waals surface area contributed by atoms with Gasteiger partial charge < -0.3 is 15.4 Å². The van der Waals surface area contributed by atoms with Gasteiger partial charge in [0, 0.05) is 13.1 Å². The molecule has 0 aromatic heterocycles. The number of nitrogens with zero attached hydrogens (tertiary/aromatic N) is 2. The van der Waals surface area contributed by atoms with Crippen LogP contribution in [0.2, 0.25) is 0 Å². The van der Waals surface area contributed by atoms with Crippen LogP contribution in [0.25, 0.3) is 0 Å². The number of rotatable bonds is 7. The third-order valence-corrected chi connectivity index (χ3v) is 4.63. The summed E-state index contributed by atoms with van der Waals surface area (Å²) in [5.74, 6) is -1.69. The van der Waals surface area contributed by atoms with E-state index in [-0.39, 0.29) is 6.54 Å². The van der Waals surface area contributed by atoms with Gasteiger partial charge in [0.15, 0.2) is 6.10 Å². The summed E-state index contributed by atoms with van der Waals surface area (Å²) in [6.45, 7) is 6.93. The Bertz CT molecular complexity index is 664. The highest BCUT2D eigenvalue weighted by molar-refractivity contribution is 6.08. The first-order valence-corrected chi connectivity index (χ1v) is 8.98. The van der Waals surface area contributed by atoms with Gasteiger partial charge in [-0.3, -0.25) is 24.2 Å². The van der Waals surface area contributed by atoms with Crippen LogP contribution in [-0.4, -0.2) is 70.9 Å². The molecule has 0 unspecified atom stereocenters. The average molecular weight is 382 g/mol. The maximum Gasteiger partial charge on any atom is 0.327 e. The Hall–Kier alpha value is -2.65. The minimum absolute atomic E-state index is 0.195. The molecule has 0 aliphatic carbocycles. The molecule has 10 nitrogen and oxygen atoms in total. The van der Waals surface area contributed by atoms with E-state index in [0.717, 1.165) is 16.2 Å². The van der Waals surface area contributed by atoms with Gasteiger partial charge in [0.2, 0.25) is 0 Å². The van der Waals surface area contributed by atoms with E-state index in [1.54, 1.807) is 6.92 Å². The largest absolute Gasteiger partial charge is 0.451 e. The monoisotopic (exact) mass is 382 g/mol. The summed E-state index contributed by atoms with van der Waals surface area (Å²) in [5, 5.41) is 5.10. The van der Waals surface area contributed by atoms with Gasteiger partial charge in [-0.2, -0.15) is 0 Å². The highest BCUT2D eigenvalue weighted by Crippen LogP contribution is 2.24. The maximum atomic E-state index is 12.6. The van der Waals surface area contributed by atoms with Crippen molar-refractivity contribution in [1.29, 1.82) is 0 Å². The lowest BCUT2D eigenvalue weighted by Crippen LogP contribution is -2.45. The van der Waals surface area contributed by atoms with Gasteiger partial charge in [-0.25, -0.2) is 9.59 Å². The van der Waals surface area contributed by atoms with Crippen molar-refractivity contribution in [2.24, 2.45) is 5.92 Å². The molecule has 2 saturated heterocycles. The number of nitrogens with one attached hydrogen (secondary N) is 2. The summed E-state index contributed by atoms with van der Waals surface area (Å²) < 4.78 is 5.01. The van der Waals surface area contributed by atoms with Crippen LogP contribution in [0.5, 0.6) is 0 Å². The fraction of sp³-hybridized carbons (Fsp3) is 0.706. The molecule has 2 atom stereocenters. The highest BCUT2D eigenvalue weighted by Gasteiger charge is 2.48. The van der Waals surface area contributed by atoms with Crippen molar-refractivity contribution in [2.75, 3.05) is 19.6 Å². The standard InChI is InChI=1S/C17H26N4O6/c1-10(2)5-6-17(4)14(24)21(16(26)19-17)9-12(22)27-11(3)13(23)20-8-7-18-15(20)25/h10-11H,5-9H2,1-4H3,(H,18,25)(H,19,26)/t11-,17+/m1/s1. The average Bonchev–Trinajstić information content (AvgIpc) is 3.09. The highest BCUT2D eigenvalue weighted by atomic mass is 16.5. The summed E-state index contributed by atoms with van der Waals surface area (Å²) in [4.78, 5) is 62.2. The van der Waals surface area contributed by atoms with Crippen molar-refractivity contribution >= 4 is 29.8 Å². The first kappa shape index (κ1) is 20.7. The molecule has 27 heavy (non-hydrogen) atoms. The molecule has 0 aromatic rings. The first-order valence-electron chi connectivity index (χ1n) is 8.98. The van der Waals surface area contributed by atoms with Crippen LogP contribution in [0.1, 0.15) is 40.5 Å². The topological polar surface area (TPSA) is 125 Å². The van der Waals surface area contributed by atoms with E-state index >= 15 is 0 Å². The summed E-state index contributed by atoms with van der Waals surface area (Å²) >= 11 is 0. The lowest BCUT2D eigenvalue weighted by molar-refractivity contribution is -0.159. The van der Waals surface area contributed by atoms with E-state index in [0.29, 0.717) is 18.9 Å². The Morgan fingerprint density at radius 2 is 1.85 bits per heavy atom.